The number of ether oxygens (including phenoxy) is 1. The molecular weight excluding hydrogens is 256 g/mol. The molecule has 19 heavy (non-hydrogen) atoms. The van der Waals surface area contributed by atoms with Crippen LogP contribution in [0.15, 0.2) is 42.3 Å². The average molecular weight is 274 g/mol. The standard InChI is InChI=1S/C15H18N2OS/c1-3-8-18-15-6-4-13(5-7-15)9-16-10-14-11-19-12(2)17-14/h3-7,11,16H,1,8-10H2,2H3. The smallest absolute Gasteiger partial charge is 0.119 e. The predicted octanol–water partition coefficient (Wildman–Crippen LogP) is 3.31. The lowest BCUT2D eigenvalue weighted by molar-refractivity contribution is 0.363. The summed E-state index contributed by atoms with van der Waals surface area (Å²) in [5.41, 5.74) is 2.34. The summed E-state index contributed by atoms with van der Waals surface area (Å²) in [5.74, 6) is 0.874. The Balaban J connectivity index is 1.78. The third kappa shape index (κ3) is 4.50. The number of aryl methyl sites for hydroxylation is 1. The van der Waals surface area contributed by atoms with E-state index in [0.29, 0.717) is 6.61 Å². The van der Waals surface area contributed by atoms with Gasteiger partial charge in [0.2, 0.25) is 0 Å². The highest BCUT2D eigenvalue weighted by molar-refractivity contribution is 7.09. The quantitative estimate of drug-likeness (QED) is 0.787. The molecule has 1 aromatic carbocycles. The van der Waals surface area contributed by atoms with E-state index in [0.717, 1.165) is 29.5 Å². The van der Waals surface area contributed by atoms with E-state index < -0.39 is 0 Å². The topological polar surface area (TPSA) is 34.1 Å². The number of benzene rings is 1. The summed E-state index contributed by atoms with van der Waals surface area (Å²) < 4.78 is 5.44. The first-order valence-electron chi connectivity index (χ1n) is 6.22. The highest BCUT2D eigenvalue weighted by Gasteiger charge is 1.98. The zero-order chi connectivity index (χ0) is 13.5. The SMILES string of the molecule is C=CCOc1ccc(CNCc2csc(C)n2)cc1. The fraction of sp³-hybridized carbons (Fsp3) is 0.267. The molecular formula is C15H18N2OS. The van der Waals surface area contributed by atoms with E-state index in [1.807, 2.05) is 19.1 Å². The van der Waals surface area contributed by atoms with Crippen molar-refractivity contribution < 1.29 is 4.74 Å². The van der Waals surface area contributed by atoms with E-state index in [2.05, 4.69) is 34.4 Å². The summed E-state index contributed by atoms with van der Waals surface area (Å²) in [6.45, 7) is 7.83. The molecule has 1 aromatic heterocycles. The summed E-state index contributed by atoms with van der Waals surface area (Å²) >= 11 is 1.68. The van der Waals surface area contributed by atoms with Crippen LogP contribution in [0.5, 0.6) is 5.75 Å². The van der Waals surface area contributed by atoms with E-state index in [4.69, 9.17) is 4.74 Å². The Morgan fingerprint density at radius 2 is 2.11 bits per heavy atom. The molecule has 2 aromatic rings. The number of nitrogens with zero attached hydrogens (tertiary/aromatic N) is 1. The molecule has 100 valence electrons. The highest BCUT2D eigenvalue weighted by atomic mass is 32.1. The minimum absolute atomic E-state index is 0.542. The second-order valence-electron chi connectivity index (χ2n) is 4.21. The molecule has 0 bridgehead atoms. The number of aromatic nitrogens is 1. The zero-order valence-electron chi connectivity index (χ0n) is 11.1. The summed E-state index contributed by atoms with van der Waals surface area (Å²) in [5, 5.41) is 6.58. The fourth-order valence-electron chi connectivity index (χ4n) is 1.68. The van der Waals surface area contributed by atoms with Gasteiger partial charge in [-0.3, -0.25) is 0 Å². The summed E-state index contributed by atoms with van der Waals surface area (Å²) in [6.07, 6.45) is 1.74. The van der Waals surface area contributed by atoms with Gasteiger partial charge in [0.25, 0.3) is 0 Å². The van der Waals surface area contributed by atoms with Gasteiger partial charge in [-0.15, -0.1) is 11.3 Å². The predicted molar refractivity (Wildman–Crippen MR) is 79.5 cm³/mol. The largest absolute Gasteiger partial charge is 0.490 e. The molecule has 0 atom stereocenters. The first-order chi connectivity index (χ1) is 9.28. The van der Waals surface area contributed by atoms with Crippen molar-refractivity contribution in [3.8, 4) is 5.75 Å². The lowest BCUT2D eigenvalue weighted by Gasteiger charge is -2.06. The molecule has 3 nitrogen and oxygen atoms in total. The molecule has 0 aliphatic rings. The van der Waals surface area contributed by atoms with E-state index in [1.54, 1.807) is 17.4 Å². The number of thiazole rings is 1. The van der Waals surface area contributed by atoms with Crippen molar-refractivity contribution in [1.82, 2.24) is 10.3 Å². The number of rotatable bonds is 7. The lowest BCUT2D eigenvalue weighted by Crippen LogP contribution is -2.12. The molecule has 2 rings (SSSR count). The van der Waals surface area contributed by atoms with Crippen LogP contribution in [0.3, 0.4) is 0 Å². The van der Waals surface area contributed by atoms with Crippen molar-refractivity contribution in [3.05, 3.63) is 58.6 Å². The van der Waals surface area contributed by atoms with E-state index in [1.165, 1.54) is 5.56 Å². The van der Waals surface area contributed by atoms with Crippen LogP contribution in [-0.4, -0.2) is 11.6 Å². The number of hydrogen-bond donors (Lipinski definition) is 1. The van der Waals surface area contributed by atoms with E-state index in [-0.39, 0.29) is 0 Å². The average Bonchev–Trinajstić information content (AvgIpc) is 2.84. The Hall–Kier alpha value is -1.65. The van der Waals surface area contributed by atoms with E-state index in [9.17, 15) is 0 Å². The molecule has 0 saturated carbocycles. The van der Waals surface area contributed by atoms with Gasteiger partial charge >= 0.3 is 0 Å². The van der Waals surface area contributed by atoms with E-state index >= 15 is 0 Å². The van der Waals surface area contributed by atoms with Crippen LogP contribution in [0, 0.1) is 6.92 Å². The molecule has 0 spiro atoms. The maximum Gasteiger partial charge on any atom is 0.119 e. The molecule has 1 N–H and O–H groups in total. The Morgan fingerprint density at radius 3 is 2.74 bits per heavy atom. The van der Waals surface area contributed by atoms with Gasteiger partial charge in [0.15, 0.2) is 0 Å². The van der Waals surface area contributed by atoms with Crippen molar-refractivity contribution >= 4 is 11.3 Å². The van der Waals surface area contributed by atoms with Gasteiger partial charge < -0.3 is 10.1 Å². The summed E-state index contributed by atoms with van der Waals surface area (Å²) in [6, 6.07) is 8.09. The Labute approximate surface area is 118 Å². The molecule has 0 aliphatic carbocycles. The van der Waals surface area contributed by atoms with Crippen LogP contribution in [0.2, 0.25) is 0 Å². The molecule has 0 amide bonds. The Morgan fingerprint density at radius 1 is 1.32 bits per heavy atom. The summed E-state index contributed by atoms with van der Waals surface area (Å²) in [7, 11) is 0. The minimum atomic E-state index is 0.542. The van der Waals surface area contributed by atoms with Gasteiger partial charge in [-0.2, -0.15) is 0 Å². The Bertz CT molecular complexity index is 519. The zero-order valence-corrected chi connectivity index (χ0v) is 11.9. The van der Waals surface area contributed by atoms with Crippen molar-refractivity contribution in [2.24, 2.45) is 0 Å². The van der Waals surface area contributed by atoms with Gasteiger partial charge in [0, 0.05) is 18.5 Å². The van der Waals surface area contributed by atoms with Crippen molar-refractivity contribution in [1.29, 1.82) is 0 Å². The van der Waals surface area contributed by atoms with Crippen molar-refractivity contribution in [2.45, 2.75) is 20.0 Å². The second kappa shape index (κ2) is 7.07. The van der Waals surface area contributed by atoms with Crippen molar-refractivity contribution in [2.75, 3.05) is 6.61 Å². The third-order valence-corrected chi connectivity index (χ3v) is 3.42. The minimum Gasteiger partial charge on any atom is -0.490 e. The third-order valence-electron chi connectivity index (χ3n) is 2.59. The van der Waals surface area contributed by atoms with Crippen LogP contribution >= 0.6 is 11.3 Å². The lowest BCUT2D eigenvalue weighted by atomic mass is 10.2. The first kappa shape index (κ1) is 13.8. The van der Waals surface area contributed by atoms with Gasteiger partial charge in [0.1, 0.15) is 12.4 Å². The van der Waals surface area contributed by atoms with Crippen LogP contribution in [0.4, 0.5) is 0 Å². The monoisotopic (exact) mass is 274 g/mol. The molecule has 4 heteroatoms. The maximum absolute atomic E-state index is 5.44. The van der Waals surface area contributed by atoms with Gasteiger partial charge in [-0.1, -0.05) is 24.8 Å². The molecule has 0 saturated heterocycles. The van der Waals surface area contributed by atoms with Crippen molar-refractivity contribution in [3.63, 3.8) is 0 Å². The number of nitrogens with one attached hydrogen (secondary N) is 1. The molecule has 0 fully saturated rings. The Kier molecular flexibility index (Phi) is 5.12. The van der Waals surface area contributed by atoms with Gasteiger partial charge in [-0.05, 0) is 24.6 Å². The first-order valence-corrected chi connectivity index (χ1v) is 7.10. The van der Waals surface area contributed by atoms with Crippen LogP contribution in [0.1, 0.15) is 16.3 Å². The molecule has 1 heterocycles. The van der Waals surface area contributed by atoms with Gasteiger partial charge in [-0.25, -0.2) is 4.98 Å². The number of hydrogen-bond acceptors (Lipinski definition) is 4. The molecule has 0 unspecified atom stereocenters. The molecule has 0 aliphatic heterocycles. The summed E-state index contributed by atoms with van der Waals surface area (Å²) in [4.78, 5) is 4.42. The maximum atomic E-state index is 5.44. The normalized spacial score (nSPS) is 10.4. The fourth-order valence-corrected chi connectivity index (χ4v) is 2.30. The van der Waals surface area contributed by atoms with Crippen LogP contribution in [0.25, 0.3) is 0 Å². The highest BCUT2D eigenvalue weighted by Crippen LogP contribution is 2.12. The molecule has 0 radical (unpaired) electrons. The van der Waals surface area contributed by atoms with Crippen LogP contribution in [-0.2, 0) is 13.1 Å². The second-order valence-corrected chi connectivity index (χ2v) is 5.27. The van der Waals surface area contributed by atoms with Gasteiger partial charge in [0.05, 0.1) is 10.7 Å². The van der Waals surface area contributed by atoms with Crippen LogP contribution < -0.4 is 10.1 Å².